The van der Waals surface area contributed by atoms with E-state index in [4.69, 9.17) is 5.26 Å². The molecule has 0 radical (unpaired) electrons. The summed E-state index contributed by atoms with van der Waals surface area (Å²) in [5.41, 5.74) is 0.218. The Bertz CT molecular complexity index is 630. The van der Waals surface area contributed by atoms with Crippen LogP contribution in [0.2, 0.25) is 0 Å². The molecule has 1 aromatic heterocycles. The van der Waals surface area contributed by atoms with Crippen molar-refractivity contribution in [2.24, 2.45) is 0 Å². The van der Waals surface area contributed by atoms with Gasteiger partial charge < -0.3 is 15.5 Å². The van der Waals surface area contributed by atoms with Gasteiger partial charge in [0.25, 0.3) is 0 Å². The molecule has 2 rings (SSSR count). The number of nitrogens with one attached hydrogen (secondary N) is 1. The predicted octanol–water partition coefficient (Wildman–Crippen LogP) is 1.26. The summed E-state index contributed by atoms with van der Waals surface area (Å²) >= 11 is 0. The third kappa shape index (κ3) is 2.65. The highest BCUT2D eigenvalue weighted by Crippen LogP contribution is 2.22. The number of aliphatic hydroxyl groups is 2. The van der Waals surface area contributed by atoms with Gasteiger partial charge in [0.05, 0.1) is 29.8 Å². The van der Waals surface area contributed by atoms with E-state index in [2.05, 4.69) is 16.4 Å². The number of pyridine rings is 1. The van der Waals surface area contributed by atoms with Crippen LogP contribution in [0.3, 0.4) is 0 Å². The van der Waals surface area contributed by atoms with Gasteiger partial charge in [-0.3, -0.25) is 0 Å². The molecule has 1 aromatic carbocycles. The van der Waals surface area contributed by atoms with Crippen LogP contribution in [0.15, 0.2) is 30.3 Å². The summed E-state index contributed by atoms with van der Waals surface area (Å²) in [4.78, 5) is 4.37. The number of rotatable bonds is 4. The molecule has 0 atom stereocenters. The maximum Gasteiger partial charge on any atom is 0.145 e. The lowest BCUT2D eigenvalue weighted by Crippen LogP contribution is -2.43. The van der Waals surface area contributed by atoms with Crippen LogP contribution >= 0.6 is 0 Å². The van der Waals surface area contributed by atoms with E-state index in [0.717, 1.165) is 10.9 Å². The summed E-state index contributed by atoms with van der Waals surface area (Å²) in [5.74, 6) is 0.367. The van der Waals surface area contributed by atoms with Crippen molar-refractivity contribution in [2.75, 3.05) is 18.5 Å². The first-order valence-corrected chi connectivity index (χ1v) is 5.92. The van der Waals surface area contributed by atoms with Crippen molar-refractivity contribution in [2.45, 2.75) is 12.5 Å². The van der Waals surface area contributed by atoms with E-state index in [0.29, 0.717) is 11.4 Å². The second-order valence-electron chi connectivity index (χ2n) is 4.69. The number of aromatic nitrogens is 1. The molecule has 0 aliphatic carbocycles. The van der Waals surface area contributed by atoms with Crippen molar-refractivity contribution >= 4 is 16.7 Å². The van der Waals surface area contributed by atoms with Crippen molar-refractivity contribution in [3.05, 3.63) is 35.9 Å². The molecule has 0 saturated carbocycles. The molecule has 0 saturated heterocycles. The van der Waals surface area contributed by atoms with E-state index in [1.54, 1.807) is 13.0 Å². The molecule has 0 bridgehead atoms. The fourth-order valence-electron chi connectivity index (χ4n) is 1.71. The molecule has 0 unspecified atom stereocenters. The lowest BCUT2D eigenvalue weighted by atomic mass is 10.0. The van der Waals surface area contributed by atoms with Crippen molar-refractivity contribution in [3.63, 3.8) is 0 Å². The monoisotopic (exact) mass is 257 g/mol. The molecule has 0 fully saturated rings. The standard InChI is InChI=1S/C14H15N3O2/c1-14(8-18,9-19)17-13-11(7-15)6-10-4-2-3-5-12(10)16-13/h2-6,18-19H,8-9H2,1H3,(H,16,17). The summed E-state index contributed by atoms with van der Waals surface area (Å²) in [5, 5.41) is 31.6. The molecule has 0 aliphatic heterocycles. The lowest BCUT2D eigenvalue weighted by Gasteiger charge is -2.27. The average Bonchev–Trinajstić information content (AvgIpc) is 2.46. The molecular weight excluding hydrogens is 242 g/mol. The summed E-state index contributed by atoms with van der Waals surface area (Å²) in [7, 11) is 0. The quantitative estimate of drug-likeness (QED) is 0.767. The van der Waals surface area contributed by atoms with E-state index < -0.39 is 5.54 Å². The summed E-state index contributed by atoms with van der Waals surface area (Å²) in [6.07, 6.45) is 0. The second-order valence-corrected chi connectivity index (χ2v) is 4.69. The van der Waals surface area contributed by atoms with Crippen LogP contribution < -0.4 is 5.32 Å². The first-order valence-electron chi connectivity index (χ1n) is 5.92. The molecule has 98 valence electrons. The van der Waals surface area contributed by atoms with Crippen LogP contribution in [-0.2, 0) is 0 Å². The van der Waals surface area contributed by atoms with Crippen LogP contribution in [0.5, 0.6) is 0 Å². The topological polar surface area (TPSA) is 89.2 Å². The van der Waals surface area contributed by atoms with Gasteiger partial charge in [0.1, 0.15) is 11.9 Å². The number of para-hydroxylation sites is 1. The molecule has 19 heavy (non-hydrogen) atoms. The zero-order chi connectivity index (χ0) is 13.9. The Morgan fingerprint density at radius 3 is 2.63 bits per heavy atom. The van der Waals surface area contributed by atoms with Crippen LogP contribution in [0.1, 0.15) is 12.5 Å². The Hall–Kier alpha value is -2.16. The highest BCUT2D eigenvalue weighted by molar-refractivity contribution is 5.82. The van der Waals surface area contributed by atoms with Crippen LogP contribution in [0.25, 0.3) is 10.9 Å². The van der Waals surface area contributed by atoms with Crippen molar-refractivity contribution < 1.29 is 10.2 Å². The number of fused-ring (bicyclic) bond motifs is 1. The van der Waals surface area contributed by atoms with E-state index in [9.17, 15) is 10.2 Å². The number of aliphatic hydroxyl groups excluding tert-OH is 2. The molecule has 1 heterocycles. The van der Waals surface area contributed by atoms with Crippen molar-refractivity contribution in [3.8, 4) is 6.07 Å². The minimum Gasteiger partial charge on any atom is -0.394 e. The Balaban J connectivity index is 2.50. The maximum absolute atomic E-state index is 9.29. The Morgan fingerprint density at radius 2 is 2.00 bits per heavy atom. The Morgan fingerprint density at radius 1 is 1.32 bits per heavy atom. The van der Waals surface area contributed by atoms with Crippen LogP contribution in [-0.4, -0.2) is 33.9 Å². The van der Waals surface area contributed by atoms with Gasteiger partial charge in [-0.1, -0.05) is 18.2 Å². The first-order chi connectivity index (χ1) is 9.11. The molecule has 2 aromatic rings. The van der Waals surface area contributed by atoms with E-state index in [-0.39, 0.29) is 13.2 Å². The smallest absolute Gasteiger partial charge is 0.145 e. The number of anilines is 1. The summed E-state index contributed by atoms with van der Waals surface area (Å²) in [6.45, 7) is 1.14. The van der Waals surface area contributed by atoms with E-state index in [1.807, 2.05) is 24.3 Å². The van der Waals surface area contributed by atoms with Crippen molar-refractivity contribution in [1.82, 2.24) is 4.98 Å². The van der Waals surface area contributed by atoms with Gasteiger partial charge in [-0.05, 0) is 19.1 Å². The molecule has 5 heteroatoms. The van der Waals surface area contributed by atoms with Crippen LogP contribution in [0, 0.1) is 11.3 Å². The molecule has 0 aliphatic rings. The van der Waals surface area contributed by atoms with Gasteiger partial charge in [-0.2, -0.15) is 5.26 Å². The average molecular weight is 257 g/mol. The lowest BCUT2D eigenvalue weighted by molar-refractivity contribution is 0.147. The van der Waals surface area contributed by atoms with Gasteiger partial charge in [0.2, 0.25) is 0 Å². The zero-order valence-corrected chi connectivity index (χ0v) is 10.6. The fourth-order valence-corrected chi connectivity index (χ4v) is 1.71. The summed E-state index contributed by atoms with van der Waals surface area (Å²) in [6, 6.07) is 11.3. The summed E-state index contributed by atoms with van der Waals surface area (Å²) < 4.78 is 0. The van der Waals surface area contributed by atoms with Gasteiger partial charge in [-0.25, -0.2) is 4.98 Å². The number of hydrogen-bond donors (Lipinski definition) is 3. The molecular formula is C14H15N3O2. The van der Waals surface area contributed by atoms with Gasteiger partial charge >= 0.3 is 0 Å². The van der Waals surface area contributed by atoms with Crippen molar-refractivity contribution in [1.29, 1.82) is 5.26 Å². The highest BCUT2D eigenvalue weighted by Gasteiger charge is 2.24. The maximum atomic E-state index is 9.29. The fraction of sp³-hybridized carbons (Fsp3) is 0.286. The predicted molar refractivity (Wildman–Crippen MR) is 72.7 cm³/mol. The van der Waals surface area contributed by atoms with Gasteiger partial charge in [0.15, 0.2) is 0 Å². The third-order valence-electron chi connectivity index (χ3n) is 2.96. The van der Waals surface area contributed by atoms with E-state index in [1.165, 1.54) is 0 Å². The van der Waals surface area contributed by atoms with Gasteiger partial charge in [0, 0.05) is 5.39 Å². The molecule has 3 N–H and O–H groups in total. The van der Waals surface area contributed by atoms with E-state index >= 15 is 0 Å². The number of nitrogens with zero attached hydrogens (tertiary/aromatic N) is 2. The largest absolute Gasteiger partial charge is 0.394 e. The molecule has 0 spiro atoms. The number of hydrogen-bond acceptors (Lipinski definition) is 5. The minimum atomic E-state index is -0.916. The zero-order valence-electron chi connectivity index (χ0n) is 10.6. The number of benzene rings is 1. The SMILES string of the molecule is CC(CO)(CO)Nc1nc2ccccc2cc1C#N. The second kappa shape index (κ2) is 5.22. The molecule has 0 amide bonds. The number of nitriles is 1. The Kier molecular flexibility index (Phi) is 3.65. The van der Waals surface area contributed by atoms with Crippen LogP contribution in [0.4, 0.5) is 5.82 Å². The Labute approximate surface area is 111 Å². The minimum absolute atomic E-state index is 0.261. The normalized spacial score (nSPS) is 11.3. The highest BCUT2D eigenvalue weighted by atomic mass is 16.3. The first kappa shape index (κ1) is 13.3. The molecule has 5 nitrogen and oxygen atoms in total. The third-order valence-corrected chi connectivity index (χ3v) is 2.96. The van der Waals surface area contributed by atoms with Gasteiger partial charge in [-0.15, -0.1) is 0 Å².